The zero-order chi connectivity index (χ0) is 13.8. The van der Waals surface area contributed by atoms with E-state index in [1.807, 2.05) is 39.1 Å². The van der Waals surface area contributed by atoms with Gasteiger partial charge in [0.2, 0.25) is 0 Å². The monoisotopic (exact) mass is 323 g/mol. The molecule has 0 aliphatic rings. The van der Waals surface area contributed by atoms with E-state index in [-0.39, 0.29) is 6.04 Å². The van der Waals surface area contributed by atoms with E-state index in [0.717, 1.165) is 27.1 Å². The van der Waals surface area contributed by atoms with E-state index < -0.39 is 0 Å². The zero-order valence-electron chi connectivity index (χ0n) is 11.4. The summed E-state index contributed by atoms with van der Waals surface area (Å²) in [5, 5.41) is 3.31. The molecule has 0 saturated carbocycles. The van der Waals surface area contributed by atoms with Gasteiger partial charge in [-0.05, 0) is 45.2 Å². The largest absolute Gasteiger partial charge is 0.494 e. The van der Waals surface area contributed by atoms with Crippen molar-refractivity contribution in [1.29, 1.82) is 0 Å². The molecule has 1 N–H and O–H groups in total. The minimum absolute atomic E-state index is 0.0523. The van der Waals surface area contributed by atoms with Gasteiger partial charge in [-0.3, -0.25) is 0 Å². The molecular weight excluding hydrogens is 306 g/mol. The summed E-state index contributed by atoms with van der Waals surface area (Å²) in [5.74, 6) is 1.80. The fourth-order valence-corrected chi connectivity index (χ4v) is 2.53. The normalized spacial score (nSPS) is 12.4. The molecule has 3 nitrogen and oxygen atoms in total. The molecule has 0 aliphatic heterocycles. The third kappa shape index (κ3) is 3.19. The number of hydrogen-bond donors (Lipinski definition) is 1. The molecule has 0 spiro atoms. The van der Waals surface area contributed by atoms with Crippen molar-refractivity contribution in [3.8, 4) is 5.75 Å². The fraction of sp³-hybridized carbons (Fsp3) is 0.333. The lowest BCUT2D eigenvalue weighted by atomic mass is 10.00. The van der Waals surface area contributed by atoms with Gasteiger partial charge in [-0.25, -0.2) is 0 Å². The lowest BCUT2D eigenvalue weighted by Crippen LogP contribution is -2.18. The van der Waals surface area contributed by atoms with Gasteiger partial charge in [-0.2, -0.15) is 0 Å². The Balaban J connectivity index is 2.44. The van der Waals surface area contributed by atoms with Crippen LogP contribution in [0.1, 0.15) is 29.9 Å². The summed E-state index contributed by atoms with van der Waals surface area (Å²) in [4.78, 5) is 0. The molecule has 4 heteroatoms. The van der Waals surface area contributed by atoms with Crippen molar-refractivity contribution in [3.05, 3.63) is 51.9 Å². The predicted octanol–water partition coefficient (Wildman–Crippen LogP) is 4.06. The van der Waals surface area contributed by atoms with Crippen LogP contribution in [0.15, 0.2) is 39.4 Å². The average molecular weight is 324 g/mol. The smallest absolute Gasteiger partial charge is 0.124 e. The molecule has 0 fully saturated rings. The van der Waals surface area contributed by atoms with Crippen LogP contribution in [0.4, 0.5) is 0 Å². The van der Waals surface area contributed by atoms with Crippen LogP contribution >= 0.6 is 15.9 Å². The second-order valence-electron chi connectivity index (χ2n) is 4.33. The Morgan fingerprint density at radius 3 is 2.74 bits per heavy atom. The zero-order valence-corrected chi connectivity index (χ0v) is 13.0. The maximum atomic E-state index is 5.71. The fourth-order valence-electron chi connectivity index (χ4n) is 2.15. The quantitative estimate of drug-likeness (QED) is 0.901. The van der Waals surface area contributed by atoms with Crippen LogP contribution in [0.3, 0.4) is 0 Å². The van der Waals surface area contributed by atoms with Crippen LogP contribution in [0.2, 0.25) is 0 Å². The molecule has 2 rings (SSSR count). The van der Waals surface area contributed by atoms with Gasteiger partial charge < -0.3 is 14.5 Å². The second-order valence-corrected chi connectivity index (χ2v) is 5.24. The van der Waals surface area contributed by atoms with Gasteiger partial charge in [0.15, 0.2) is 0 Å². The Morgan fingerprint density at radius 2 is 2.16 bits per heavy atom. The molecule has 1 aromatic carbocycles. The van der Waals surface area contributed by atoms with Gasteiger partial charge in [0, 0.05) is 15.6 Å². The van der Waals surface area contributed by atoms with E-state index >= 15 is 0 Å². The van der Waals surface area contributed by atoms with Crippen LogP contribution in [-0.2, 0) is 0 Å². The van der Waals surface area contributed by atoms with Gasteiger partial charge in [-0.1, -0.05) is 15.9 Å². The molecule has 0 radical (unpaired) electrons. The molecular formula is C15H18BrNO2. The molecule has 0 amide bonds. The summed E-state index contributed by atoms with van der Waals surface area (Å²) in [6.45, 7) is 4.58. The molecule has 2 aromatic rings. The van der Waals surface area contributed by atoms with Crippen molar-refractivity contribution in [2.75, 3.05) is 13.7 Å². The third-order valence-electron chi connectivity index (χ3n) is 2.96. The predicted molar refractivity (Wildman–Crippen MR) is 79.7 cm³/mol. The number of aryl methyl sites for hydroxylation is 1. The van der Waals surface area contributed by atoms with Crippen LogP contribution < -0.4 is 10.1 Å². The number of nitrogens with one attached hydrogen (secondary N) is 1. The number of benzene rings is 1. The van der Waals surface area contributed by atoms with E-state index in [1.165, 1.54) is 0 Å². The van der Waals surface area contributed by atoms with Gasteiger partial charge in [0.25, 0.3) is 0 Å². The first-order valence-corrected chi connectivity index (χ1v) is 7.09. The van der Waals surface area contributed by atoms with Crippen LogP contribution in [0.5, 0.6) is 5.75 Å². The summed E-state index contributed by atoms with van der Waals surface area (Å²) >= 11 is 3.52. The number of ether oxygens (including phenoxy) is 1. The SMILES string of the molecule is CCOc1ccc(Br)cc1C(NC)c1coc(C)c1. The first-order valence-electron chi connectivity index (χ1n) is 6.30. The Kier molecular flexibility index (Phi) is 4.66. The summed E-state index contributed by atoms with van der Waals surface area (Å²) in [7, 11) is 1.93. The minimum atomic E-state index is 0.0523. The highest BCUT2D eigenvalue weighted by atomic mass is 79.9. The van der Waals surface area contributed by atoms with Crippen molar-refractivity contribution in [3.63, 3.8) is 0 Å². The van der Waals surface area contributed by atoms with E-state index in [4.69, 9.17) is 9.15 Å². The highest BCUT2D eigenvalue weighted by Gasteiger charge is 2.18. The van der Waals surface area contributed by atoms with E-state index in [2.05, 4.69) is 27.3 Å². The van der Waals surface area contributed by atoms with E-state index in [0.29, 0.717) is 6.61 Å². The molecule has 1 aromatic heterocycles. The van der Waals surface area contributed by atoms with E-state index in [1.54, 1.807) is 6.26 Å². The Morgan fingerprint density at radius 1 is 1.37 bits per heavy atom. The minimum Gasteiger partial charge on any atom is -0.494 e. The summed E-state index contributed by atoms with van der Waals surface area (Å²) in [6.07, 6.45) is 1.78. The third-order valence-corrected chi connectivity index (χ3v) is 3.45. The molecule has 1 unspecified atom stereocenters. The Hall–Kier alpha value is -1.26. The van der Waals surface area contributed by atoms with Crippen molar-refractivity contribution < 1.29 is 9.15 Å². The molecule has 0 bridgehead atoms. The van der Waals surface area contributed by atoms with E-state index in [9.17, 15) is 0 Å². The number of hydrogen-bond acceptors (Lipinski definition) is 3. The highest BCUT2D eigenvalue weighted by molar-refractivity contribution is 9.10. The molecule has 1 heterocycles. The number of halogens is 1. The number of rotatable bonds is 5. The first kappa shape index (κ1) is 14.2. The van der Waals surface area contributed by atoms with Gasteiger partial charge in [0.1, 0.15) is 11.5 Å². The van der Waals surface area contributed by atoms with Crippen LogP contribution in [0.25, 0.3) is 0 Å². The summed E-state index contributed by atoms with van der Waals surface area (Å²) in [6, 6.07) is 8.14. The van der Waals surface area contributed by atoms with Gasteiger partial charge in [-0.15, -0.1) is 0 Å². The highest BCUT2D eigenvalue weighted by Crippen LogP contribution is 2.33. The van der Waals surface area contributed by atoms with Gasteiger partial charge in [0.05, 0.1) is 18.9 Å². The van der Waals surface area contributed by atoms with Gasteiger partial charge >= 0.3 is 0 Å². The number of furan rings is 1. The molecule has 102 valence electrons. The van der Waals surface area contributed by atoms with Crippen LogP contribution in [0, 0.1) is 6.92 Å². The lowest BCUT2D eigenvalue weighted by Gasteiger charge is -2.19. The molecule has 1 atom stereocenters. The first-order chi connectivity index (χ1) is 9.15. The Bertz CT molecular complexity index is 551. The maximum absolute atomic E-state index is 5.71. The summed E-state index contributed by atoms with van der Waals surface area (Å²) in [5.41, 5.74) is 2.19. The lowest BCUT2D eigenvalue weighted by molar-refractivity contribution is 0.334. The standard InChI is InChI=1S/C15H18BrNO2/c1-4-18-14-6-5-12(16)8-13(14)15(17-3)11-7-10(2)19-9-11/h5-9,15,17H,4H2,1-3H3. The maximum Gasteiger partial charge on any atom is 0.124 e. The van der Waals surface area contributed by atoms with Crippen molar-refractivity contribution in [2.45, 2.75) is 19.9 Å². The second kappa shape index (κ2) is 6.26. The Labute approximate surface area is 122 Å². The summed E-state index contributed by atoms with van der Waals surface area (Å²) < 4.78 is 12.2. The molecule has 0 saturated heterocycles. The van der Waals surface area contributed by atoms with Crippen molar-refractivity contribution >= 4 is 15.9 Å². The van der Waals surface area contributed by atoms with Crippen molar-refractivity contribution in [1.82, 2.24) is 5.32 Å². The van der Waals surface area contributed by atoms with Crippen LogP contribution in [-0.4, -0.2) is 13.7 Å². The average Bonchev–Trinajstić information content (AvgIpc) is 2.80. The van der Waals surface area contributed by atoms with Crippen molar-refractivity contribution in [2.24, 2.45) is 0 Å². The molecule has 19 heavy (non-hydrogen) atoms. The topological polar surface area (TPSA) is 34.4 Å². The molecule has 0 aliphatic carbocycles.